The lowest BCUT2D eigenvalue weighted by Crippen LogP contribution is -2.46. The van der Waals surface area contributed by atoms with Gasteiger partial charge in [-0.1, -0.05) is 31.7 Å². The molecule has 0 aromatic carbocycles. The Morgan fingerprint density at radius 1 is 1.05 bits per heavy atom. The van der Waals surface area contributed by atoms with Crippen LogP contribution < -0.4 is 16.4 Å². The lowest BCUT2D eigenvalue weighted by molar-refractivity contribution is -0.137. The molecule has 0 spiro atoms. The topological polar surface area (TPSA) is 401 Å². The van der Waals surface area contributed by atoms with E-state index in [1.54, 1.807) is 0 Å². The molecule has 57 heavy (non-hydrogen) atoms. The van der Waals surface area contributed by atoms with E-state index in [-0.39, 0.29) is 60.2 Å². The van der Waals surface area contributed by atoms with Crippen LogP contribution in [0, 0.1) is 5.41 Å². The summed E-state index contributed by atoms with van der Waals surface area (Å²) >= 11 is 0.895. The molecule has 26 nitrogen and oxygen atoms in total. The van der Waals surface area contributed by atoms with Crippen molar-refractivity contribution in [3.8, 4) is 0 Å². The number of ether oxygens (including phenoxy) is 1. The van der Waals surface area contributed by atoms with Crippen molar-refractivity contribution in [2.45, 2.75) is 63.8 Å². The molecule has 3 heterocycles. The normalized spacial score (nSPS) is 21.5. The van der Waals surface area contributed by atoms with Crippen molar-refractivity contribution in [2.24, 2.45) is 5.41 Å². The number of imidazole rings is 1. The second kappa shape index (κ2) is 20.6. The van der Waals surface area contributed by atoms with Crippen molar-refractivity contribution >= 4 is 75.1 Å². The summed E-state index contributed by atoms with van der Waals surface area (Å²) in [7, 11) is -16.4. The summed E-state index contributed by atoms with van der Waals surface area (Å²) < 4.78 is 62.0. The minimum atomic E-state index is -5.59. The molecule has 0 saturated carbocycles. The van der Waals surface area contributed by atoms with Crippen molar-refractivity contribution in [3.05, 3.63) is 24.8 Å². The Labute approximate surface area is 327 Å². The van der Waals surface area contributed by atoms with Gasteiger partial charge in [-0.05, 0) is 12.5 Å². The first kappa shape index (κ1) is 48.1. The van der Waals surface area contributed by atoms with Crippen molar-refractivity contribution in [2.75, 3.05) is 37.8 Å². The van der Waals surface area contributed by atoms with E-state index in [1.165, 1.54) is 26.0 Å². The van der Waals surface area contributed by atoms with Crippen LogP contribution in [0.2, 0.25) is 0 Å². The van der Waals surface area contributed by atoms with Crippen LogP contribution in [0.15, 0.2) is 24.8 Å². The number of hydrogen-bond acceptors (Lipinski definition) is 19. The van der Waals surface area contributed by atoms with Crippen LogP contribution in [0.25, 0.3) is 11.2 Å². The monoisotopic (exact) mass is 893 g/mol. The van der Waals surface area contributed by atoms with Crippen LogP contribution in [0.3, 0.4) is 0 Å². The number of nitrogens with two attached hydrogens (primary N) is 1. The van der Waals surface area contributed by atoms with Gasteiger partial charge in [0.25, 0.3) is 0 Å². The smallest absolute Gasteiger partial charge is 0.481 e. The maximum atomic E-state index is 12.7. The number of allylic oxidation sites excluding steroid dienone is 1. The summed E-state index contributed by atoms with van der Waals surface area (Å²) in [6.07, 6.45) is -4.33. The van der Waals surface area contributed by atoms with Crippen LogP contribution in [0.5, 0.6) is 0 Å². The van der Waals surface area contributed by atoms with Crippen LogP contribution in [-0.2, 0) is 55.5 Å². The summed E-state index contributed by atoms with van der Waals surface area (Å²) in [6.45, 7) is 0.257. The molecule has 11 N–H and O–H groups in total. The molecule has 1 aliphatic heterocycles. The maximum absolute atomic E-state index is 12.7. The van der Waals surface area contributed by atoms with Gasteiger partial charge in [-0.2, -0.15) is 4.31 Å². The number of nitrogens with one attached hydrogen (secondary N) is 2. The second-order valence-electron chi connectivity index (χ2n) is 12.6. The van der Waals surface area contributed by atoms with Gasteiger partial charge in [-0.25, -0.2) is 28.6 Å². The lowest BCUT2D eigenvalue weighted by Gasteiger charge is -2.30. The number of aliphatic hydroxyl groups excluding tert-OH is 2. The van der Waals surface area contributed by atoms with E-state index in [0.29, 0.717) is 0 Å². The number of phosphoric ester groups is 3. The number of carbonyl (C=O) groups is 4. The Morgan fingerprint density at radius 3 is 2.40 bits per heavy atom. The van der Waals surface area contributed by atoms with E-state index in [9.17, 15) is 62.7 Å². The van der Waals surface area contributed by atoms with Crippen LogP contribution >= 0.6 is 35.2 Å². The van der Waals surface area contributed by atoms with Gasteiger partial charge in [0.15, 0.2) is 17.7 Å². The average molecular weight is 894 g/mol. The number of nitrogen functional groups attached to an aromatic ring is 1. The van der Waals surface area contributed by atoms with E-state index in [0.717, 1.165) is 29.0 Å². The van der Waals surface area contributed by atoms with Crippen LogP contribution in [0.1, 0.15) is 39.3 Å². The summed E-state index contributed by atoms with van der Waals surface area (Å²) in [6, 6.07) is 0. The van der Waals surface area contributed by atoms with Gasteiger partial charge in [-0.15, -0.1) is 0 Å². The van der Waals surface area contributed by atoms with Crippen molar-refractivity contribution < 1.29 is 90.4 Å². The molecule has 1 aliphatic rings. The first-order chi connectivity index (χ1) is 26.4. The number of thioether (sulfide) groups is 1. The lowest BCUT2D eigenvalue weighted by atomic mass is 9.87. The van der Waals surface area contributed by atoms with E-state index in [2.05, 4.69) is 34.4 Å². The highest BCUT2D eigenvalue weighted by molar-refractivity contribution is 8.14. The van der Waals surface area contributed by atoms with Gasteiger partial charge < -0.3 is 56.0 Å². The number of nitrogens with zero attached hydrogens (tertiary/aromatic N) is 4. The highest BCUT2D eigenvalue weighted by atomic mass is 32.2. The highest BCUT2D eigenvalue weighted by Gasteiger charge is 2.50. The fraction of sp³-hybridized carbons (Fsp3) is 0.593. The molecule has 7 atom stereocenters. The number of aliphatic carboxylic acids is 1. The minimum absolute atomic E-state index is 0.0202. The molecule has 2 amide bonds. The number of rotatable bonds is 23. The number of amides is 2. The van der Waals surface area contributed by atoms with Crippen molar-refractivity contribution in [1.29, 1.82) is 0 Å². The number of carboxylic acid groups (broad SMARTS) is 1. The molecule has 3 unspecified atom stereocenters. The predicted molar refractivity (Wildman–Crippen MR) is 193 cm³/mol. The number of hydrogen-bond donors (Lipinski definition) is 10. The molecule has 0 radical (unpaired) electrons. The van der Waals surface area contributed by atoms with E-state index >= 15 is 0 Å². The van der Waals surface area contributed by atoms with Crippen LogP contribution in [-0.4, -0.2) is 134 Å². The Kier molecular flexibility index (Phi) is 17.4. The van der Waals surface area contributed by atoms with Gasteiger partial charge in [-0.3, -0.25) is 37.3 Å². The Hall–Kier alpha value is -3.23. The van der Waals surface area contributed by atoms with Gasteiger partial charge in [0.2, 0.25) is 16.9 Å². The molecule has 0 aliphatic carbocycles. The first-order valence-corrected chi connectivity index (χ1v) is 21.9. The fourth-order valence-electron chi connectivity index (χ4n) is 4.72. The summed E-state index contributed by atoms with van der Waals surface area (Å²) in [5, 5.41) is 34.5. The second-order valence-corrected chi connectivity index (χ2v) is 17.9. The number of fused-ring (bicyclic) bond motifs is 1. The fourth-order valence-corrected chi connectivity index (χ4v) is 8.14. The molecular formula is C27H42N7O19P3S. The molecule has 1 saturated heterocycles. The van der Waals surface area contributed by atoms with E-state index in [4.69, 9.17) is 24.6 Å². The zero-order valence-corrected chi connectivity index (χ0v) is 33.5. The molecule has 2 aromatic heterocycles. The highest BCUT2D eigenvalue weighted by Crippen LogP contribution is 2.61. The van der Waals surface area contributed by atoms with Crippen LogP contribution in [0.4, 0.5) is 5.82 Å². The summed E-state index contributed by atoms with van der Waals surface area (Å²) in [5.74, 6) is -2.34. The average Bonchev–Trinajstić information content (AvgIpc) is 3.66. The number of carbonyl (C=O) groups excluding carboxylic acids is 3. The standard InChI is InChI=1S/C27H42N7O19P3S/c1-27(2,22(40)25(41)30-8-7-16(35)29-9-10-57-18(38)6-4-3-5-17(36)37)12-50-56(47,48)53-55(45,46)49-11-15-21(52-54(42,43)44)20(39)26(51-15)34-14-33-19-23(28)31-13-32-24(19)34/h4,6,13-15,20-22,26,39-40H,3,5,7-12H2,1-2H3,(H,29,35)(H,30,41)(H,36,37)(H,45,46)(H,47,48)(H2,28,31,32)(H2,42,43,44)/b6-4+/t15-,20-,21-,22?,26-/m1/s1. The third kappa shape index (κ3) is 15.5. The van der Waals surface area contributed by atoms with E-state index < -0.39 is 90.5 Å². The van der Waals surface area contributed by atoms with Gasteiger partial charge in [0.1, 0.15) is 36.3 Å². The largest absolute Gasteiger partial charge is 0.481 e. The van der Waals surface area contributed by atoms with Gasteiger partial charge in [0, 0.05) is 37.1 Å². The third-order valence-electron chi connectivity index (χ3n) is 7.52. The SMILES string of the molecule is CC(C)(COP(=O)(O)OP(=O)(O)OC[C@H]1O[C@@H](n2cnc3c(N)ncnc32)[C@H](O)[C@@H]1OP(=O)(O)O)C(O)C(=O)NCCC(=O)NCCSC(=O)/C=C/CCC(=O)O. The zero-order valence-electron chi connectivity index (χ0n) is 30.0. The molecule has 2 aromatic rings. The number of aliphatic hydroxyl groups is 2. The van der Waals surface area contributed by atoms with Gasteiger partial charge in [0.05, 0.1) is 19.5 Å². The number of anilines is 1. The van der Waals surface area contributed by atoms with Gasteiger partial charge >= 0.3 is 29.4 Å². The zero-order chi connectivity index (χ0) is 42.8. The summed E-state index contributed by atoms with van der Waals surface area (Å²) in [5.41, 5.74) is 4.21. The predicted octanol–water partition coefficient (Wildman–Crippen LogP) is -0.914. The Balaban J connectivity index is 1.47. The van der Waals surface area contributed by atoms with E-state index in [1.807, 2.05) is 0 Å². The Morgan fingerprint density at radius 2 is 1.74 bits per heavy atom. The number of carboxylic acids is 1. The molecular weight excluding hydrogens is 851 g/mol. The first-order valence-electron chi connectivity index (χ1n) is 16.4. The number of aromatic nitrogens is 4. The van der Waals surface area contributed by atoms with Crippen molar-refractivity contribution in [1.82, 2.24) is 30.2 Å². The quantitative estimate of drug-likeness (QED) is 0.0366. The molecule has 3 rings (SSSR count). The number of phosphoric acid groups is 3. The molecule has 0 bridgehead atoms. The maximum Gasteiger partial charge on any atom is 0.481 e. The third-order valence-corrected chi connectivity index (χ3v) is 11.5. The molecule has 1 fully saturated rings. The van der Waals surface area contributed by atoms with Crippen molar-refractivity contribution in [3.63, 3.8) is 0 Å². The molecule has 320 valence electrons. The molecule has 30 heteroatoms. The Bertz CT molecular complexity index is 1930. The minimum Gasteiger partial charge on any atom is -0.481 e. The summed E-state index contributed by atoms with van der Waals surface area (Å²) in [4.78, 5) is 97.6.